The Balaban J connectivity index is 1.62. The summed E-state index contributed by atoms with van der Waals surface area (Å²) in [7, 11) is 2.17. The van der Waals surface area contributed by atoms with Crippen LogP contribution in [0.1, 0.15) is 31.2 Å². The largest absolute Gasteiger partial charge is 0.357 e. The van der Waals surface area contributed by atoms with Gasteiger partial charge in [-0.05, 0) is 43.1 Å². The lowest BCUT2D eigenvalue weighted by atomic mass is 9.91. The molecule has 1 aliphatic heterocycles. The molecule has 3 rings (SSSR count). The second-order valence-corrected chi connectivity index (χ2v) is 9.17. The SMILES string of the molecule is CCNC(=NCc1ccnc(N2CCN(C)CC2)c1)NCC(C)(C)c1cccs1. The van der Waals surface area contributed by atoms with Crippen LogP contribution in [0, 0.1) is 0 Å². The molecule has 0 radical (unpaired) electrons. The summed E-state index contributed by atoms with van der Waals surface area (Å²) in [4.78, 5) is 15.5. The number of aromatic nitrogens is 1. The Hall–Kier alpha value is -2.12. The van der Waals surface area contributed by atoms with Crippen LogP contribution in [0.4, 0.5) is 5.82 Å². The molecule has 0 amide bonds. The summed E-state index contributed by atoms with van der Waals surface area (Å²) in [5, 5.41) is 9.02. The molecule has 0 bridgehead atoms. The topological polar surface area (TPSA) is 55.8 Å². The minimum absolute atomic E-state index is 0.0651. The van der Waals surface area contributed by atoms with E-state index in [1.54, 1.807) is 11.3 Å². The van der Waals surface area contributed by atoms with E-state index in [1.807, 2.05) is 6.20 Å². The molecule has 7 heteroatoms. The molecule has 2 N–H and O–H groups in total. The maximum Gasteiger partial charge on any atom is 0.191 e. The van der Waals surface area contributed by atoms with Gasteiger partial charge in [0.2, 0.25) is 0 Å². The molecule has 1 aliphatic rings. The fourth-order valence-electron chi connectivity index (χ4n) is 3.33. The number of aliphatic imine (C=N–C) groups is 1. The van der Waals surface area contributed by atoms with Gasteiger partial charge in [0.25, 0.3) is 0 Å². The first kappa shape index (κ1) is 21.6. The quantitative estimate of drug-likeness (QED) is 0.539. The Morgan fingerprint density at radius 1 is 1.21 bits per heavy atom. The summed E-state index contributed by atoms with van der Waals surface area (Å²) < 4.78 is 0. The summed E-state index contributed by atoms with van der Waals surface area (Å²) in [5.41, 5.74) is 1.25. The number of pyridine rings is 1. The van der Waals surface area contributed by atoms with Crippen molar-refractivity contribution < 1.29 is 0 Å². The lowest BCUT2D eigenvalue weighted by Gasteiger charge is -2.33. The minimum Gasteiger partial charge on any atom is -0.357 e. The number of thiophene rings is 1. The summed E-state index contributed by atoms with van der Waals surface area (Å²) >= 11 is 1.81. The summed E-state index contributed by atoms with van der Waals surface area (Å²) in [6.45, 7) is 13.2. The fraction of sp³-hybridized carbons (Fsp3) is 0.545. The highest BCUT2D eigenvalue weighted by Crippen LogP contribution is 2.26. The predicted octanol–water partition coefficient (Wildman–Crippen LogP) is 2.93. The highest BCUT2D eigenvalue weighted by atomic mass is 32.1. The van der Waals surface area contributed by atoms with E-state index in [2.05, 4.69) is 82.9 Å². The van der Waals surface area contributed by atoms with Gasteiger partial charge in [0, 0.05) is 55.8 Å². The number of rotatable bonds is 7. The monoisotopic (exact) mass is 414 g/mol. The van der Waals surface area contributed by atoms with Gasteiger partial charge in [-0.2, -0.15) is 0 Å². The number of anilines is 1. The third kappa shape index (κ3) is 6.18. The van der Waals surface area contributed by atoms with E-state index in [4.69, 9.17) is 4.99 Å². The molecule has 2 aromatic heterocycles. The van der Waals surface area contributed by atoms with Crippen molar-refractivity contribution >= 4 is 23.1 Å². The maximum absolute atomic E-state index is 4.81. The minimum atomic E-state index is 0.0651. The van der Waals surface area contributed by atoms with E-state index in [1.165, 1.54) is 10.4 Å². The molecule has 0 atom stereocenters. The first-order chi connectivity index (χ1) is 14.0. The van der Waals surface area contributed by atoms with Crippen molar-refractivity contribution in [1.29, 1.82) is 0 Å². The Labute approximate surface area is 179 Å². The van der Waals surface area contributed by atoms with E-state index in [0.29, 0.717) is 6.54 Å². The van der Waals surface area contributed by atoms with E-state index >= 15 is 0 Å². The summed E-state index contributed by atoms with van der Waals surface area (Å²) in [5.74, 6) is 1.91. The molecule has 1 fully saturated rings. The molecule has 0 aliphatic carbocycles. The molecule has 158 valence electrons. The zero-order chi connectivity index (χ0) is 20.7. The molecule has 3 heterocycles. The normalized spacial score (nSPS) is 16.1. The van der Waals surface area contributed by atoms with Gasteiger partial charge in [0.05, 0.1) is 6.54 Å². The fourth-order valence-corrected chi connectivity index (χ4v) is 4.19. The van der Waals surface area contributed by atoms with Gasteiger partial charge in [0.15, 0.2) is 5.96 Å². The van der Waals surface area contributed by atoms with Crippen molar-refractivity contribution in [3.63, 3.8) is 0 Å². The number of guanidine groups is 1. The molecule has 0 saturated carbocycles. The van der Waals surface area contributed by atoms with Crippen LogP contribution in [-0.2, 0) is 12.0 Å². The van der Waals surface area contributed by atoms with Crippen LogP contribution < -0.4 is 15.5 Å². The van der Waals surface area contributed by atoms with Gasteiger partial charge in [-0.3, -0.25) is 0 Å². The van der Waals surface area contributed by atoms with Crippen LogP contribution in [0.25, 0.3) is 0 Å². The molecular weight excluding hydrogens is 380 g/mol. The molecule has 1 saturated heterocycles. The third-order valence-electron chi connectivity index (χ3n) is 5.29. The van der Waals surface area contributed by atoms with Crippen molar-refractivity contribution in [2.75, 3.05) is 51.2 Å². The van der Waals surface area contributed by atoms with Gasteiger partial charge in [-0.15, -0.1) is 11.3 Å². The Kier molecular flexibility index (Phi) is 7.50. The second kappa shape index (κ2) is 10.1. The van der Waals surface area contributed by atoms with Crippen molar-refractivity contribution in [1.82, 2.24) is 20.5 Å². The molecule has 0 aromatic carbocycles. The van der Waals surface area contributed by atoms with Gasteiger partial charge in [-0.1, -0.05) is 19.9 Å². The molecule has 0 unspecified atom stereocenters. The zero-order valence-corrected chi connectivity index (χ0v) is 18.9. The number of hydrogen-bond donors (Lipinski definition) is 2. The van der Waals surface area contributed by atoms with Crippen molar-refractivity contribution in [2.45, 2.75) is 32.7 Å². The van der Waals surface area contributed by atoms with Crippen LogP contribution in [0.3, 0.4) is 0 Å². The molecule has 6 nitrogen and oxygen atoms in total. The van der Waals surface area contributed by atoms with Gasteiger partial charge in [-0.25, -0.2) is 9.98 Å². The highest BCUT2D eigenvalue weighted by molar-refractivity contribution is 7.10. The zero-order valence-electron chi connectivity index (χ0n) is 18.1. The van der Waals surface area contributed by atoms with Crippen LogP contribution in [0.5, 0.6) is 0 Å². The van der Waals surface area contributed by atoms with Crippen LogP contribution in [-0.4, -0.2) is 62.2 Å². The Bertz CT molecular complexity index is 778. The lowest BCUT2D eigenvalue weighted by molar-refractivity contribution is 0.312. The van der Waals surface area contributed by atoms with E-state index in [0.717, 1.165) is 51.0 Å². The van der Waals surface area contributed by atoms with Crippen LogP contribution in [0.15, 0.2) is 40.8 Å². The standard InChI is InChI=1S/C22H34N6S/c1-5-23-21(26-17-22(2,3)19-7-6-14-29-19)25-16-18-8-9-24-20(15-18)28-12-10-27(4)11-13-28/h6-9,14-15H,5,10-13,16-17H2,1-4H3,(H2,23,25,26). The summed E-state index contributed by atoms with van der Waals surface area (Å²) in [6, 6.07) is 8.55. The van der Waals surface area contributed by atoms with Crippen molar-refractivity contribution in [3.05, 3.63) is 46.3 Å². The Morgan fingerprint density at radius 3 is 2.69 bits per heavy atom. The average molecular weight is 415 g/mol. The maximum atomic E-state index is 4.81. The van der Waals surface area contributed by atoms with E-state index in [9.17, 15) is 0 Å². The van der Waals surface area contributed by atoms with E-state index in [-0.39, 0.29) is 5.41 Å². The molecule has 0 spiro atoms. The first-order valence-corrected chi connectivity index (χ1v) is 11.3. The second-order valence-electron chi connectivity index (χ2n) is 8.22. The number of likely N-dealkylation sites (N-methyl/N-ethyl adjacent to an activating group) is 1. The van der Waals surface area contributed by atoms with E-state index < -0.39 is 0 Å². The number of piperazine rings is 1. The van der Waals surface area contributed by atoms with Crippen LogP contribution in [0.2, 0.25) is 0 Å². The van der Waals surface area contributed by atoms with Crippen LogP contribution >= 0.6 is 11.3 Å². The van der Waals surface area contributed by atoms with Gasteiger partial charge < -0.3 is 20.4 Å². The lowest BCUT2D eigenvalue weighted by Crippen LogP contribution is -2.44. The molecular formula is C22H34N6S. The van der Waals surface area contributed by atoms with Gasteiger partial charge >= 0.3 is 0 Å². The average Bonchev–Trinajstić information content (AvgIpc) is 3.27. The van der Waals surface area contributed by atoms with Crippen molar-refractivity contribution in [3.8, 4) is 0 Å². The van der Waals surface area contributed by atoms with Crippen molar-refractivity contribution in [2.24, 2.45) is 4.99 Å². The smallest absolute Gasteiger partial charge is 0.191 e. The Morgan fingerprint density at radius 2 is 2.00 bits per heavy atom. The molecule has 2 aromatic rings. The number of hydrogen-bond acceptors (Lipinski definition) is 5. The predicted molar refractivity (Wildman–Crippen MR) is 124 cm³/mol. The molecule has 29 heavy (non-hydrogen) atoms. The van der Waals surface area contributed by atoms with Gasteiger partial charge in [0.1, 0.15) is 5.82 Å². The third-order valence-corrected chi connectivity index (χ3v) is 6.52. The summed E-state index contributed by atoms with van der Waals surface area (Å²) in [6.07, 6.45) is 1.90. The first-order valence-electron chi connectivity index (χ1n) is 10.4. The number of nitrogens with zero attached hydrogens (tertiary/aromatic N) is 4. The number of nitrogens with one attached hydrogen (secondary N) is 2. The highest BCUT2D eigenvalue weighted by Gasteiger charge is 2.22.